The molecule has 152 valence electrons. The normalized spacial score (nSPS) is 34.3. The maximum atomic E-state index is 13.0. The van der Waals surface area contributed by atoms with E-state index in [1.807, 2.05) is 44.2 Å². The number of methoxy groups -OCH3 is 1. The monoisotopic (exact) mass is 392 g/mol. The van der Waals surface area contributed by atoms with Gasteiger partial charge in [-0.05, 0) is 19.1 Å². The summed E-state index contributed by atoms with van der Waals surface area (Å²) < 4.78 is 16.4. The third-order valence-corrected chi connectivity index (χ3v) is 5.27. The highest BCUT2D eigenvalue weighted by Crippen LogP contribution is 2.54. The van der Waals surface area contributed by atoms with Crippen molar-refractivity contribution in [3.05, 3.63) is 35.9 Å². The first-order valence-electron chi connectivity index (χ1n) is 9.38. The van der Waals surface area contributed by atoms with Crippen LogP contribution >= 0.6 is 0 Å². The second kappa shape index (κ2) is 7.41. The molecule has 1 aromatic carbocycles. The van der Waals surface area contributed by atoms with E-state index >= 15 is 0 Å². The second-order valence-corrected chi connectivity index (χ2v) is 6.72. The van der Waals surface area contributed by atoms with Gasteiger partial charge in [0.15, 0.2) is 18.1 Å². The molecule has 2 fully saturated rings. The number of hydrogen-bond donors (Lipinski definition) is 0. The van der Waals surface area contributed by atoms with Gasteiger partial charge in [0.25, 0.3) is 5.60 Å². The number of ether oxygens (including phenoxy) is 3. The average molecular weight is 392 g/mol. The SMILES string of the molecule is CCO[C@H]1C[C@@]2(C(=O)OC)ON=C(c3ccccc3)[C@]23C[C@@H](OCC)ON3O1. The van der Waals surface area contributed by atoms with Gasteiger partial charge in [0.05, 0.1) is 13.5 Å². The van der Waals surface area contributed by atoms with Crippen molar-refractivity contribution >= 4 is 11.7 Å². The van der Waals surface area contributed by atoms with E-state index in [0.717, 1.165) is 5.56 Å². The largest absolute Gasteiger partial charge is 0.466 e. The zero-order valence-electron chi connectivity index (χ0n) is 16.1. The molecule has 0 N–H and O–H groups in total. The first-order chi connectivity index (χ1) is 13.6. The minimum Gasteiger partial charge on any atom is -0.466 e. The van der Waals surface area contributed by atoms with E-state index in [-0.39, 0.29) is 12.8 Å². The number of benzene rings is 1. The summed E-state index contributed by atoms with van der Waals surface area (Å²) in [6.45, 7) is 4.54. The van der Waals surface area contributed by atoms with Crippen molar-refractivity contribution in [2.24, 2.45) is 5.16 Å². The Morgan fingerprint density at radius 1 is 1.14 bits per heavy atom. The fourth-order valence-corrected chi connectivity index (χ4v) is 4.10. The standard InChI is InChI=1S/C19H24N2O7/c1-4-24-14-11-18-16(13-9-7-6-8-10-13)20-28-19(18,17(22)23-3)12-15(25-5-2)27-21(18)26-14/h6-10,14-15H,4-5,11-12H2,1-3H3/t14-,15+,18+,19-/m0/s1. The van der Waals surface area contributed by atoms with Gasteiger partial charge < -0.3 is 19.0 Å². The summed E-state index contributed by atoms with van der Waals surface area (Å²) in [7, 11) is 1.32. The van der Waals surface area contributed by atoms with E-state index < -0.39 is 29.7 Å². The van der Waals surface area contributed by atoms with Crippen molar-refractivity contribution in [2.45, 2.75) is 50.4 Å². The summed E-state index contributed by atoms with van der Waals surface area (Å²) in [5, 5.41) is 5.59. The highest BCUT2D eigenvalue weighted by atomic mass is 17.0. The summed E-state index contributed by atoms with van der Waals surface area (Å²) in [4.78, 5) is 30.7. The Kier molecular flexibility index (Phi) is 5.11. The second-order valence-electron chi connectivity index (χ2n) is 6.72. The molecule has 9 nitrogen and oxygen atoms in total. The summed E-state index contributed by atoms with van der Waals surface area (Å²) in [5.41, 5.74) is -1.35. The lowest BCUT2D eigenvalue weighted by molar-refractivity contribution is -0.472. The van der Waals surface area contributed by atoms with Gasteiger partial charge in [-0.2, -0.15) is 0 Å². The Balaban J connectivity index is 1.84. The molecule has 9 heteroatoms. The number of nitrogens with zero attached hydrogens (tertiary/aromatic N) is 2. The van der Waals surface area contributed by atoms with Gasteiger partial charge in [-0.15, -0.1) is 0 Å². The van der Waals surface area contributed by atoms with Gasteiger partial charge in [0.2, 0.25) is 0 Å². The minimum absolute atomic E-state index is 0.103. The van der Waals surface area contributed by atoms with E-state index in [1.165, 1.54) is 12.3 Å². The average Bonchev–Trinajstić information content (AvgIpc) is 3.24. The minimum atomic E-state index is -1.49. The van der Waals surface area contributed by atoms with E-state index in [9.17, 15) is 4.79 Å². The van der Waals surface area contributed by atoms with E-state index in [0.29, 0.717) is 18.9 Å². The fourth-order valence-electron chi connectivity index (χ4n) is 4.10. The lowest BCUT2D eigenvalue weighted by Crippen LogP contribution is -2.71. The van der Waals surface area contributed by atoms with Crippen LogP contribution < -0.4 is 0 Å². The summed E-state index contributed by atoms with van der Waals surface area (Å²) in [5.74, 6) is -0.569. The van der Waals surface area contributed by atoms with Gasteiger partial charge in [0, 0.05) is 25.2 Å². The Morgan fingerprint density at radius 2 is 1.79 bits per heavy atom. The number of carbonyl (C=O) groups excluding carboxylic acids is 1. The molecular weight excluding hydrogens is 368 g/mol. The Bertz CT molecular complexity index is 758. The molecule has 0 radical (unpaired) electrons. The van der Waals surface area contributed by atoms with Crippen LogP contribution in [0.2, 0.25) is 0 Å². The summed E-state index contributed by atoms with van der Waals surface area (Å²) >= 11 is 0. The smallest absolute Gasteiger partial charge is 0.355 e. The Hall–Kier alpha value is -2.04. The van der Waals surface area contributed by atoms with Crippen LogP contribution in [0.15, 0.2) is 35.5 Å². The van der Waals surface area contributed by atoms with Crippen molar-refractivity contribution in [2.75, 3.05) is 20.3 Å². The first-order valence-corrected chi connectivity index (χ1v) is 9.38. The molecule has 0 aliphatic carbocycles. The first kappa shape index (κ1) is 19.3. The highest BCUT2D eigenvalue weighted by molar-refractivity contribution is 6.12. The fraction of sp³-hybridized carbons (Fsp3) is 0.579. The van der Waals surface area contributed by atoms with Crippen molar-refractivity contribution in [1.82, 2.24) is 5.23 Å². The third-order valence-electron chi connectivity index (χ3n) is 5.27. The molecule has 0 unspecified atom stereocenters. The van der Waals surface area contributed by atoms with Crippen molar-refractivity contribution in [3.8, 4) is 0 Å². The van der Waals surface area contributed by atoms with Gasteiger partial charge in [-0.25, -0.2) is 14.5 Å². The van der Waals surface area contributed by atoms with Gasteiger partial charge >= 0.3 is 5.97 Å². The Labute approximate surface area is 163 Å². The molecule has 4 rings (SSSR count). The van der Waals surface area contributed by atoms with Crippen LogP contribution in [-0.4, -0.2) is 61.0 Å². The number of hydroxylamine groups is 2. The molecule has 3 aliphatic rings. The van der Waals surface area contributed by atoms with Gasteiger partial charge in [-0.1, -0.05) is 35.5 Å². The Morgan fingerprint density at radius 3 is 2.39 bits per heavy atom. The maximum absolute atomic E-state index is 13.0. The molecule has 2 saturated heterocycles. The van der Waals surface area contributed by atoms with Gasteiger partial charge in [0.1, 0.15) is 5.71 Å². The number of hydrogen-bond acceptors (Lipinski definition) is 9. The summed E-state index contributed by atoms with van der Waals surface area (Å²) in [6.07, 6.45) is -1.01. The van der Waals surface area contributed by atoms with Crippen LogP contribution in [0.1, 0.15) is 32.3 Å². The number of carbonyl (C=O) groups is 1. The molecule has 0 saturated carbocycles. The molecule has 3 heterocycles. The van der Waals surface area contributed by atoms with Crippen LogP contribution in [0.3, 0.4) is 0 Å². The number of oxime groups is 1. The zero-order valence-corrected chi connectivity index (χ0v) is 16.1. The molecule has 4 atom stereocenters. The lowest BCUT2D eigenvalue weighted by atomic mass is 9.70. The van der Waals surface area contributed by atoms with Crippen molar-refractivity contribution < 1.29 is 33.5 Å². The van der Waals surface area contributed by atoms with Crippen LogP contribution in [0.25, 0.3) is 0 Å². The van der Waals surface area contributed by atoms with Crippen molar-refractivity contribution in [1.29, 1.82) is 0 Å². The maximum Gasteiger partial charge on any atom is 0.355 e. The third kappa shape index (κ3) is 2.66. The van der Waals surface area contributed by atoms with Crippen molar-refractivity contribution in [3.63, 3.8) is 0 Å². The van der Waals surface area contributed by atoms with Gasteiger partial charge in [-0.3, -0.25) is 0 Å². The number of esters is 1. The molecule has 28 heavy (non-hydrogen) atoms. The van der Waals surface area contributed by atoms with E-state index in [2.05, 4.69) is 5.16 Å². The summed E-state index contributed by atoms with van der Waals surface area (Å²) in [6, 6.07) is 9.47. The predicted octanol–water partition coefficient (Wildman–Crippen LogP) is 1.77. The molecular formula is C19H24N2O7. The van der Waals surface area contributed by atoms with E-state index in [1.54, 1.807) is 0 Å². The molecule has 1 spiro atoms. The zero-order chi connectivity index (χ0) is 19.8. The van der Waals surface area contributed by atoms with Crippen LogP contribution in [0, 0.1) is 0 Å². The topological polar surface area (TPSA) is 88.1 Å². The quantitative estimate of drug-likeness (QED) is 0.677. The molecule has 0 aromatic heterocycles. The van der Waals surface area contributed by atoms with E-state index in [4.69, 9.17) is 28.7 Å². The van der Waals surface area contributed by atoms with Crippen LogP contribution in [-0.2, 0) is 33.5 Å². The van der Waals surface area contributed by atoms with Crippen LogP contribution in [0.4, 0.5) is 0 Å². The molecule has 3 aliphatic heterocycles. The number of rotatable bonds is 6. The molecule has 1 aromatic rings. The van der Waals surface area contributed by atoms with Crippen LogP contribution in [0.5, 0.6) is 0 Å². The lowest BCUT2D eigenvalue weighted by Gasteiger charge is -2.47. The predicted molar refractivity (Wildman–Crippen MR) is 95.6 cm³/mol. The molecule has 0 amide bonds. The molecule has 0 bridgehead atoms. The highest BCUT2D eigenvalue weighted by Gasteiger charge is 2.77.